The van der Waals surface area contributed by atoms with Crippen LogP contribution in [0, 0.1) is 0 Å². The lowest BCUT2D eigenvalue weighted by Crippen LogP contribution is -2.24. The molecule has 98 valence electrons. The first kappa shape index (κ1) is 13.1. The molecule has 4 nitrogen and oxygen atoms in total. The highest BCUT2D eigenvalue weighted by Gasteiger charge is 2.19. The molecule has 0 aliphatic carbocycles. The van der Waals surface area contributed by atoms with Crippen LogP contribution >= 0.6 is 11.3 Å². The van der Waals surface area contributed by atoms with E-state index in [9.17, 15) is 0 Å². The van der Waals surface area contributed by atoms with Gasteiger partial charge < -0.3 is 10.1 Å². The topological polar surface area (TPSA) is 39.1 Å². The summed E-state index contributed by atoms with van der Waals surface area (Å²) < 4.78 is 7.28. The van der Waals surface area contributed by atoms with Gasteiger partial charge in [-0.05, 0) is 25.6 Å². The first-order chi connectivity index (χ1) is 8.80. The summed E-state index contributed by atoms with van der Waals surface area (Å²) in [5, 5.41) is 9.88. The molecule has 0 aromatic carbocycles. The van der Waals surface area contributed by atoms with E-state index >= 15 is 0 Å². The van der Waals surface area contributed by atoms with Gasteiger partial charge in [0.1, 0.15) is 5.75 Å². The Kier molecular flexibility index (Phi) is 4.38. The Morgan fingerprint density at radius 2 is 2.33 bits per heavy atom. The average molecular weight is 265 g/mol. The van der Waals surface area contributed by atoms with Gasteiger partial charge in [0.2, 0.25) is 0 Å². The second-order valence-corrected chi connectivity index (χ2v) is 4.89. The van der Waals surface area contributed by atoms with E-state index in [4.69, 9.17) is 4.74 Å². The van der Waals surface area contributed by atoms with Crippen molar-refractivity contribution < 1.29 is 4.74 Å². The van der Waals surface area contributed by atoms with Gasteiger partial charge in [-0.15, -0.1) is 11.3 Å². The zero-order valence-corrected chi connectivity index (χ0v) is 11.8. The third kappa shape index (κ3) is 2.57. The number of ether oxygens (including phenoxy) is 1. The quantitative estimate of drug-likeness (QED) is 0.873. The number of nitrogens with zero attached hydrogens (tertiary/aromatic N) is 2. The van der Waals surface area contributed by atoms with Crippen molar-refractivity contribution in [2.45, 2.75) is 26.4 Å². The molecular weight excluding hydrogens is 246 g/mol. The minimum atomic E-state index is 0.186. The van der Waals surface area contributed by atoms with Crippen LogP contribution in [0.1, 0.15) is 30.5 Å². The molecule has 0 saturated heterocycles. The van der Waals surface area contributed by atoms with Crippen molar-refractivity contribution in [1.82, 2.24) is 15.1 Å². The molecule has 0 spiro atoms. The molecule has 5 heteroatoms. The van der Waals surface area contributed by atoms with E-state index in [-0.39, 0.29) is 6.04 Å². The molecule has 18 heavy (non-hydrogen) atoms. The Morgan fingerprint density at radius 1 is 1.50 bits per heavy atom. The fourth-order valence-electron chi connectivity index (χ4n) is 2.00. The minimum absolute atomic E-state index is 0.186. The Hall–Kier alpha value is -1.33. The molecule has 1 N–H and O–H groups in total. The van der Waals surface area contributed by atoms with Gasteiger partial charge in [-0.1, -0.05) is 6.92 Å². The highest BCUT2D eigenvalue weighted by molar-refractivity contribution is 7.10. The van der Waals surface area contributed by atoms with Crippen LogP contribution in [0.2, 0.25) is 0 Å². The minimum Gasteiger partial charge on any atom is -0.496 e. The van der Waals surface area contributed by atoms with Crippen LogP contribution in [0.5, 0.6) is 5.75 Å². The average Bonchev–Trinajstić information content (AvgIpc) is 3.04. The van der Waals surface area contributed by atoms with Crippen LogP contribution in [0.3, 0.4) is 0 Å². The lowest BCUT2D eigenvalue weighted by atomic mass is 10.1. The summed E-state index contributed by atoms with van der Waals surface area (Å²) in [7, 11) is 1.70. The van der Waals surface area contributed by atoms with Crippen molar-refractivity contribution in [3.63, 3.8) is 0 Å². The Morgan fingerprint density at radius 3 is 2.94 bits per heavy atom. The van der Waals surface area contributed by atoms with Crippen molar-refractivity contribution in [2.24, 2.45) is 0 Å². The third-order valence-electron chi connectivity index (χ3n) is 2.87. The lowest BCUT2D eigenvalue weighted by molar-refractivity contribution is 0.416. The molecule has 0 fully saturated rings. The molecule has 0 aliphatic heterocycles. The summed E-state index contributed by atoms with van der Waals surface area (Å²) in [6.07, 6.45) is 1.86. The molecule has 2 aromatic heterocycles. The maximum atomic E-state index is 5.26. The fraction of sp³-hybridized carbons (Fsp3) is 0.462. The first-order valence-electron chi connectivity index (χ1n) is 6.17. The van der Waals surface area contributed by atoms with Crippen molar-refractivity contribution in [3.8, 4) is 5.75 Å². The monoisotopic (exact) mass is 265 g/mol. The lowest BCUT2D eigenvalue weighted by Gasteiger charge is -2.17. The van der Waals surface area contributed by atoms with Gasteiger partial charge in [-0.3, -0.25) is 4.68 Å². The maximum absolute atomic E-state index is 5.26. The van der Waals surface area contributed by atoms with Gasteiger partial charge in [0.25, 0.3) is 0 Å². The molecule has 0 bridgehead atoms. The normalized spacial score (nSPS) is 12.6. The Labute approximate surface area is 112 Å². The van der Waals surface area contributed by atoms with Crippen LogP contribution in [0.4, 0.5) is 0 Å². The summed E-state index contributed by atoms with van der Waals surface area (Å²) >= 11 is 1.71. The predicted octanol–water partition coefficient (Wildman–Crippen LogP) is 2.67. The van der Waals surface area contributed by atoms with Gasteiger partial charge in [0.15, 0.2) is 0 Å². The van der Waals surface area contributed by atoms with Gasteiger partial charge >= 0.3 is 0 Å². The second-order valence-electron chi connectivity index (χ2n) is 3.95. The van der Waals surface area contributed by atoms with E-state index in [1.165, 1.54) is 10.6 Å². The van der Waals surface area contributed by atoms with E-state index in [2.05, 4.69) is 36.4 Å². The van der Waals surface area contributed by atoms with E-state index in [1.807, 2.05) is 16.3 Å². The summed E-state index contributed by atoms with van der Waals surface area (Å²) in [4.78, 5) is 1.25. The molecule has 2 rings (SSSR count). The van der Waals surface area contributed by atoms with Crippen molar-refractivity contribution in [3.05, 3.63) is 34.3 Å². The molecule has 0 amide bonds. The molecule has 0 saturated carbocycles. The van der Waals surface area contributed by atoms with E-state index < -0.39 is 0 Å². The standard InChI is InChI=1S/C13H19N3OS/c1-4-14-13(11-6-7-15-16(11)5-2)12-8-10(17-3)9-18-12/h6-9,13-14H,4-5H2,1-3H3. The van der Waals surface area contributed by atoms with E-state index in [1.54, 1.807) is 18.4 Å². The zero-order chi connectivity index (χ0) is 13.0. The maximum Gasteiger partial charge on any atom is 0.129 e. The Bertz CT molecular complexity index is 492. The summed E-state index contributed by atoms with van der Waals surface area (Å²) in [6.45, 7) is 6.02. The Balaban J connectivity index is 2.33. The number of nitrogens with one attached hydrogen (secondary N) is 1. The second kappa shape index (κ2) is 6.02. The molecular formula is C13H19N3OS. The largest absolute Gasteiger partial charge is 0.496 e. The van der Waals surface area contributed by atoms with Crippen LogP contribution in [-0.4, -0.2) is 23.4 Å². The van der Waals surface area contributed by atoms with Crippen LogP contribution in [0.15, 0.2) is 23.7 Å². The summed E-state index contributed by atoms with van der Waals surface area (Å²) in [5.41, 5.74) is 1.20. The first-order valence-corrected chi connectivity index (χ1v) is 7.05. The number of hydrogen-bond acceptors (Lipinski definition) is 4. The number of methoxy groups -OCH3 is 1. The summed E-state index contributed by atoms with van der Waals surface area (Å²) in [6, 6.07) is 4.35. The van der Waals surface area contributed by atoms with Crippen LogP contribution in [-0.2, 0) is 6.54 Å². The molecule has 0 aliphatic rings. The SMILES string of the molecule is CCNC(c1cc(OC)cs1)c1ccnn1CC. The number of aryl methyl sites for hydroxylation is 1. The smallest absolute Gasteiger partial charge is 0.129 e. The fourth-order valence-corrected chi connectivity index (χ4v) is 2.94. The van der Waals surface area contributed by atoms with Gasteiger partial charge in [-0.25, -0.2) is 0 Å². The molecule has 1 unspecified atom stereocenters. The number of hydrogen-bond donors (Lipinski definition) is 1. The molecule has 0 radical (unpaired) electrons. The predicted molar refractivity (Wildman–Crippen MR) is 74.3 cm³/mol. The summed E-state index contributed by atoms with van der Waals surface area (Å²) in [5.74, 6) is 0.917. The van der Waals surface area contributed by atoms with Crippen molar-refractivity contribution >= 4 is 11.3 Å². The molecule has 2 aromatic rings. The molecule has 2 heterocycles. The van der Waals surface area contributed by atoms with Gasteiger partial charge in [0, 0.05) is 23.0 Å². The highest BCUT2D eigenvalue weighted by Crippen LogP contribution is 2.30. The van der Waals surface area contributed by atoms with Crippen molar-refractivity contribution in [2.75, 3.05) is 13.7 Å². The number of rotatable bonds is 6. The third-order valence-corrected chi connectivity index (χ3v) is 3.84. The van der Waals surface area contributed by atoms with Gasteiger partial charge in [0.05, 0.1) is 18.8 Å². The van der Waals surface area contributed by atoms with Crippen LogP contribution < -0.4 is 10.1 Å². The highest BCUT2D eigenvalue weighted by atomic mass is 32.1. The van der Waals surface area contributed by atoms with E-state index in [0.29, 0.717) is 0 Å². The van der Waals surface area contributed by atoms with E-state index in [0.717, 1.165) is 18.8 Å². The zero-order valence-electron chi connectivity index (χ0n) is 11.0. The van der Waals surface area contributed by atoms with Crippen LogP contribution in [0.25, 0.3) is 0 Å². The van der Waals surface area contributed by atoms with Crippen molar-refractivity contribution in [1.29, 1.82) is 0 Å². The number of aromatic nitrogens is 2. The van der Waals surface area contributed by atoms with Gasteiger partial charge in [-0.2, -0.15) is 5.10 Å². The number of thiophene rings is 1. The molecule has 1 atom stereocenters.